The van der Waals surface area contributed by atoms with Crippen LogP contribution in [0.5, 0.6) is 5.75 Å². The average Bonchev–Trinajstić information content (AvgIpc) is 2.68. The molecule has 1 heterocycles. The Bertz CT molecular complexity index is 583. The van der Waals surface area contributed by atoms with E-state index in [1.54, 1.807) is 31.4 Å². The van der Waals surface area contributed by atoms with Gasteiger partial charge < -0.3 is 10.1 Å². The van der Waals surface area contributed by atoms with Crippen molar-refractivity contribution in [3.05, 3.63) is 33.7 Å². The Morgan fingerprint density at radius 3 is 2.58 bits per heavy atom. The lowest BCUT2D eigenvalue weighted by Gasteiger charge is -2.06. The van der Waals surface area contributed by atoms with Gasteiger partial charge in [-0.2, -0.15) is 4.98 Å². The average molecular weight is 390 g/mol. The van der Waals surface area contributed by atoms with E-state index in [0.717, 1.165) is 5.75 Å². The number of anilines is 1. The molecule has 0 fully saturated rings. The molecule has 1 aromatic heterocycles. The number of hydrogen-bond donors (Lipinski definition) is 1. The van der Waals surface area contributed by atoms with E-state index in [9.17, 15) is 4.79 Å². The fourth-order valence-electron chi connectivity index (χ4n) is 1.41. The van der Waals surface area contributed by atoms with E-state index in [-0.39, 0.29) is 12.5 Å². The van der Waals surface area contributed by atoms with Gasteiger partial charge in [-0.15, -0.1) is 5.10 Å². The summed E-state index contributed by atoms with van der Waals surface area (Å²) in [4.78, 5) is 15.8. The highest BCUT2D eigenvalue weighted by molar-refractivity contribution is 9.11. The van der Waals surface area contributed by atoms with Gasteiger partial charge in [0.05, 0.1) is 7.11 Å². The summed E-state index contributed by atoms with van der Waals surface area (Å²) in [6.07, 6.45) is 0. The standard InChI is InChI=1S/C11H10Br2N4O2/c1-19-8-4-2-7(3-5-8)14-9(18)6-17-11(13)15-10(12)16-17/h2-5H,6H2,1H3,(H,14,18). The largest absolute Gasteiger partial charge is 0.497 e. The van der Waals surface area contributed by atoms with Gasteiger partial charge in [0.15, 0.2) is 4.73 Å². The first-order valence-corrected chi connectivity index (χ1v) is 6.87. The maximum absolute atomic E-state index is 11.8. The molecule has 0 atom stereocenters. The van der Waals surface area contributed by atoms with Gasteiger partial charge in [0.1, 0.15) is 12.3 Å². The molecule has 0 aliphatic rings. The summed E-state index contributed by atoms with van der Waals surface area (Å²) >= 11 is 6.35. The number of amides is 1. The smallest absolute Gasteiger partial charge is 0.246 e. The summed E-state index contributed by atoms with van der Waals surface area (Å²) in [5.74, 6) is 0.546. The number of rotatable bonds is 4. The number of nitrogens with one attached hydrogen (secondary N) is 1. The molecule has 0 saturated heterocycles. The predicted molar refractivity (Wildman–Crippen MR) is 77.0 cm³/mol. The van der Waals surface area contributed by atoms with Crippen LogP contribution in [0.15, 0.2) is 33.7 Å². The fraction of sp³-hybridized carbons (Fsp3) is 0.182. The Balaban J connectivity index is 1.99. The molecule has 2 aromatic rings. The number of benzene rings is 1. The predicted octanol–water partition coefficient (Wildman–Crippen LogP) is 2.45. The van der Waals surface area contributed by atoms with Crippen LogP contribution in [0.4, 0.5) is 5.69 Å². The minimum atomic E-state index is -0.191. The molecule has 6 nitrogen and oxygen atoms in total. The van der Waals surface area contributed by atoms with Crippen LogP contribution in [0.3, 0.4) is 0 Å². The summed E-state index contributed by atoms with van der Waals surface area (Å²) in [5.41, 5.74) is 0.695. The van der Waals surface area contributed by atoms with Gasteiger partial charge in [-0.3, -0.25) is 4.79 Å². The fourth-order valence-corrected chi connectivity index (χ4v) is 2.38. The van der Waals surface area contributed by atoms with E-state index in [4.69, 9.17) is 4.74 Å². The molecular weight excluding hydrogens is 380 g/mol. The Morgan fingerprint density at radius 1 is 1.37 bits per heavy atom. The number of methoxy groups -OCH3 is 1. The molecular formula is C11H10Br2N4O2. The summed E-state index contributed by atoms with van der Waals surface area (Å²) in [6.45, 7) is 0.0746. The topological polar surface area (TPSA) is 69.0 Å². The molecule has 1 aromatic carbocycles. The zero-order chi connectivity index (χ0) is 13.8. The number of carbonyl (C=O) groups is 1. The van der Waals surface area contributed by atoms with Crippen LogP contribution in [-0.4, -0.2) is 27.8 Å². The van der Waals surface area contributed by atoms with E-state index in [1.807, 2.05) is 0 Å². The number of hydrogen-bond acceptors (Lipinski definition) is 4. The molecule has 8 heteroatoms. The van der Waals surface area contributed by atoms with Crippen molar-refractivity contribution in [1.82, 2.24) is 14.8 Å². The van der Waals surface area contributed by atoms with Gasteiger partial charge in [-0.25, -0.2) is 4.68 Å². The molecule has 0 aliphatic heterocycles. The maximum atomic E-state index is 11.8. The van der Waals surface area contributed by atoms with Crippen LogP contribution < -0.4 is 10.1 Å². The highest BCUT2D eigenvalue weighted by atomic mass is 79.9. The molecule has 100 valence electrons. The first kappa shape index (κ1) is 14.0. The van der Waals surface area contributed by atoms with Crippen LogP contribution in [0.2, 0.25) is 0 Å². The van der Waals surface area contributed by atoms with Crippen molar-refractivity contribution in [2.45, 2.75) is 6.54 Å². The number of carbonyl (C=O) groups excluding carboxylic acids is 1. The van der Waals surface area contributed by atoms with Gasteiger partial charge in [0.2, 0.25) is 10.6 Å². The normalized spacial score (nSPS) is 10.3. The van der Waals surface area contributed by atoms with Gasteiger partial charge in [-0.1, -0.05) is 0 Å². The van der Waals surface area contributed by atoms with Crippen molar-refractivity contribution >= 4 is 43.5 Å². The molecule has 0 unspecified atom stereocenters. The SMILES string of the molecule is COc1ccc(NC(=O)Cn2nc(Br)nc2Br)cc1. The zero-order valence-corrected chi connectivity index (χ0v) is 13.1. The van der Waals surface area contributed by atoms with Crippen LogP contribution in [0, 0.1) is 0 Å². The second-order valence-corrected chi connectivity index (χ2v) is 5.00. The third-order valence-corrected chi connectivity index (χ3v) is 3.19. The monoisotopic (exact) mass is 388 g/mol. The Kier molecular flexibility index (Phi) is 4.54. The maximum Gasteiger partial charge on any atom is 0.246 e. The first-order valence-electron chi connectivity index (χ1n) is 5.28. The summed E-state index contributed by atoms with van der Waals surface area (Å²) < 4.78 is 7.41. The minimum Gasteiger partial charge on any atom is -0.497 e. The van der Waals surface area contributed by atoms with Crippen molar-refractivity contribution in [2.75, 3.05) is 12.4 Å². The van der Waals surface area contributed by atoms with E-state index in [1.165, 1.54) is 4.68 Å². The highest BCUT2D eigenvalue weighted by Crippen LogP contribution is 2.15. The Morgan fingerprint density at radius 2 is 2.05 bits per heavy atom. The van der Waals surface area contributed by atoms with Gasteiger partial charge in [0.25, 0.3) is 0 Å². The van der Waals surface area contributed by atoms with E-state index in [2.05, 4.69) is 47.3 Å². The summed E-state index contributed by atoms with van der Waals surface area (Å²) in [5, 5.41) is 6.77. The molecule has 1 N–H and O–H groups in total. The molecule has 19 heavy (non-hydrogen) atoms. The van der Waals surface area contributed by atoms with Gasteiger partial charge in [-0.05, 0) is 56.1 Å². The van der Waals surface area contributed by atoms with Crippen molar-refractivity contribution in [3.8, 4) is 5.75 Å². The molecule has 0 saturated carbocycles. The molecule has 2 rings (SSSR count). The lowest BCUT2D eigenvalue weighted by molar-refractivity contribution is -0.116. The third kappa shape index (κ3) is 3.77. The number of nitrogens with zero attached hydrogens (tertiary/aromatic N) is 3. The van der Waals surface area contributed by atoms with Gasteiger partial charge in [0, 0.05) is 5.69 Å². The Labute approximate surface area is 126 Å². The number of halogens is 2. The molecule has 0 radical (unpaired) electrons. The van der Waals surface area contributed by atoms with Crippen LogP contribution in [0.25, 0.3) is 0 Å². The third-order valence-electron chi connectivity index (χ3n) is 2.27. The highest BCUT2D eigenvalue weighted by Gasteiger charge is 2.09. The van der Waals surface area contributed by atoms with Gasteiger partial charge >= 0.3 is 0 Å². The zero-order valence-electron chi connectivity index (χ0n) is 9.93. The number of aromatic nitrogens is 3. The van der Waals surface area contributed by atoms with Crippen molar-refractivity contribution < 1.29 is 9.53 Å². The van der Waals surface area contributed by atoms with Crippen LogP contribution in [0.1, 0.15) is 0 Å². The molecule has 0 aliphatic carbocycles. The summed E-state index contributed by atoms with van der Waals surface area (Å²) in [7, 11) is 1.59. The quantitative estimate of drug-likeness (QED) is 0.871. The minimum absolute atomic E-state index is 0.0746. The van der Waals surface area contributed by atoms with Crippen molar-refractivity contribution in [1.29, 1.82) is 0 Å². The second-order valence-electron chi connectivity index (χ2n) is 3.58. The number of ether oxygens (including phenoxy) is 1. The molecule has 1 amide bonds. The van der Waals surface area contributed by atoms with Crippen LogP contribution in [-0.2, 0) is 11.3 Å². The molecule has 0 spiro atoms. The molecule has 0 bridgehead atoms. The van der Waals surface area contributed by atoms with Crippen LogP contribution >= 0.6 is 31.9 Å². The summed E-state index contributed by atoms with van der Waals surface area (Å²) in [6, 6.07) is 7.08. The van der Waals surface area contributed by atoms with E-state index < -0.39 is 0 Å². The van der Waals surface area contributed by atoms with Crippen molar-refractivity contribution in [3.63, 3.8) is 0 Å². The van der Waals surface area contributed by atoms with E-state index in [0.29, 0.717) is 15.2 Å². The Hall–Kier alpha value is -1.41. The lowest BCUT2D eigenvalue weighted by Crippen LogP contribution is -2.19. The lowest BCUT2D eigenvalue weighted by atomic mass is 10.3. The first-order chi connectivity index (χ1) is 9.08. The van der Waals surface area contributed by atoms with Crippen molar-refractivity contribution in [2.24, 2.45) is 0 Å². The van der Waals surface area contributed by atoms with E-state index >= 15 is 0 Å². The second kappa shape index (κ2) is 6.16.